The summed E-state index contributed by atoms with van der Waals surface area (Å²) >= 11 is 0. The van der Waals surface area contributed by atoms with Crippen LogP contribution in [0.15, 0.2) is 24.4 Å². The molecule has 0 aliphatic heterocycles. The molecule has 1 rings (SSSR count). The van der Waals surface area contributed by atoms with Gasteiger partial charge in [0.15, 0.2) is 0 Å². The van der Waals surface area contributed by atoms with Crippen molar-refractivity contribution in [2.45, 2.75) is 25.7 Å². The first-order valence-electron chi connectivity index (χ1n) is 4.12. The molecule has 0 aliphatic rings. The SMILES string of the molecule is [CH2]CCCCc1ccccn1. The second kappa shape index (κ2) is 4.89. The summed E-state index contributed by atoms with van der Waals surface area (Å²) in [4.78, 5) is 4.23. The highest BCUT2D eigenvalue weighted by Gasteiger charge is 1.90. The average Bonchev–Trinajstić information content (AvgIpc) is 2.07. The van der Waals surface area contributed by atoms with Gasteiger partial charge < -0.3 is 0 Å². The van der Waals surface area contributed by atoms with Crippen LogP contribution in [0.25, 0.3) is 0 Å². The molecule has 0 spiro atoms. The molecule has 0 saturated carbocycles. The number of aryl methyl sites for hydroxylation is 1. The molecule has 59 valence electrons. The summed E-state index contributed by atoms with van der Waals surface area (Å²) in [5, 5.41) is 0. The molecule has 0 amide bonds. The first-order valence-corrected chi connectivity index (χ1v) is 4.12. The first-order chi connectivity index (χ1) is 5.43. The van der Waals surface area contributed by atoms with E-state index in [0.717, 1.165) is 12.8 Å². The largest absolute Gasteiger partial charge is 0.261 e. The Balaban J connectivity index is 2.28. The van der Waals surface area contributed by atoms with Crippen LogP contribution in [0, 0.1) is 6.92 Å². The molecule has 0 fully saturated rings. The highest BCUT2D eigenvalue weighted by Crippen LogP contribution is 2.02. The molecule has 0 saturated heterocycles. The summed E-state index contributed by atoms with van der Waals surface area (Å²) in [6.45, 7) is 3.80. The zero-order valence-corrected chi connectivity index (χ0v) is 6.79. The van der Waals surface area contributed by atoms with Crippen LogP contribution in [0.1, 0.15) is 25.0 Å². The molecule has 1 radical (unpaired) electrons. The van der Waals surface area contributed by atoms with Crippen molar-refractivity contribution in [2.75, 3.05) is 0 Å². The summed E-state index contributed by atoms with van der Waals surface area (Å²) in [7, 11) is 0. The number of rotatable bonds is 4. The molecule has 0 atom stereocenters. The molecular formula is C10H14N. The van der Waals surface area contributed by atoms with Gasteiger partial charge >= 0.3 is 0 Å². The Morgan fingerprint density at radius 1 is 1.27 bits per heavy atom. The van der Waals surface area contributed by atoms with E-state index in [9.17, 15) is 0 Å². The molecular weight excluding hydrogens is 134 g/mol. The van der Waals surface area contributed by atoms with E-state index >= 15 is 0 Å². The molecule has 1 aromatic heterocycles. The van der Waals surface area contributed by atoms with Crippen LogP contribution in [0.5, 0.6) is 0 Å². The number of aromatic nitrogens is 1. The van der Waals surface area contributed by atoms with Gasteiger partial charge in [-0.05, 0) is 25.0 Å². The molecule has 0 unspecified atom stereocenters. The van der Waals surface area contributed by atoms with Gasteiger partial charge in [0.2, 0.25) is 0 Å². The monoisotopic (exact) mass is 148 g/mol. The maximum atomic E-state index is 4.23. The standard InChI is InChI=1S/C10H14N/c1-2-3-4-7-10-8-5-6-9-11-10/h5-6,8-9H,1-4,7H2. The van der Waals surface area contributed by atoms with Gasteiger partial charge in [0.05, 0.1) is 0 Å². The van der Waals surface area contributed by atoms with Gasteiger partial charge in [-0.15, -0.1) is 0 Å². The first kappa shape index (κ1) is 8.25. The molecule has 1 heteroatoms. The fraction of sp³-hybridized carbons (Fsp3) is 0.400. The minimum absolute atomic E-state index is 1.03. The number of pyridine rings is 1. The van der Waals surface area contributed by atoms with Gasteiger partial charge in [-0.2, -0.15) is 0 Å². The highest BCUT2D eigenvalue weighted by atomic mass is 14.7. The summed E-state index contributed by atoms with van der Waals surface area (Å²) in [5.41, 5.74) is 1.20. The van der Waals surface area contributed by atoms with E-state index in [-0.39, 0.29) is 0 Å². The van der Waals surface area contributed by atoms with Crippen LogP contribution < -0.4 is 0 Å². The van der Waals surface area contributed by atoms with Crippen molar-refractivity contribution in [1.29, 1.82) is 0 Å². The minimum atomic E-state index is 1.03. The molecule has 1 aromatic rings. The van der Waals surface area contributed by atoms with Crippen molar-refractivity contribution >= 4 is 0 Å². The van der Waals surface area contributed by atoms with Gasteiger partial charge in [-0.25, -0.2) is 0 Å². The fourth-order valence-corrected chi connectivity index (χ4v) is 1.03. The van der Waals surface area contributed by atoms with E-state index in [4.69, 9.17) is 0 Å². The van der Waals surface area contributed by atoms with Crippen LogP contribution >= 0.6 is 0 Å². The van der Waals surface area contributed by atoms with Gasteiger partial charge in [-0.1, -0.05) is 25.8 Å². The third kappa shape index (κ3) is 3.17. The second-order valence-corrected chi connectivity index (χ2v) is 2.63. The van der Waals surface area contributed by atoms with Crippen molar-refractivity contribution in [2.24, 2.45) is 0 Å². The van der Waals surface area contributed by atoms with E-state index in [0.29, 0.717) is 0 Å². The molecule has 0 aliphatic carbocycles. The Kier molecular flexibility index (Phi) is 3.67. The lowest BCUT2D eigenvalue weighted by Crippen LogP contribution is -1.87. The van der Waals surface area contributed by atoms with E-state index in [1.165, 1.54) is 18.5 Å². The maximum Gasteiger partial charge on any atom is 0.0403 e. The Bertz CT molecular complexity index is 181. The van der Waals surface area contributed by atoms with Crippen molar-refractivity contribution in [1.82, 2.24) is 4.98 Å². The minimum Gasteiger partial charge on any atom is -0.261 e. The van der Waals surface area contributed by atoms with Gasteiger partial charge in [0.1, 0.15) is 0 Å². The lowest BCUT2D eigenvalue weighted by Gasteiger charge is -1.97. The summed E-state index contributed by atoms with van der Waals surface area (Å²) in [5.74, 6) is 0. The van der Waals surface area contributed by atoms with Gasteiger partial charge in [0, 0.05) is 11.9 Å². The maximum absolute atomic E-state index is 4.23. The molecule has 0 bridgehead atoms. The second-order valence-electron chi connectivity index (χ2n) is 2.63. The van der Waals surface area contributed by atoms with Crippen LogP contribution in [0.2, 0.25) is 0 Å². The number of nitrogens with zero attached hydrogens (tertiary/aromatic N) is 1. The smallest absolute Gasteiger partial charge is 0.0403 e. The Hall–Kier alpha value is -0.850. The summed E-state index contributed by atoms with van der Waals surface area (Å²) in [6, 6.07) is 6.06. The predicted octanol–water partition coefficient (Wildman–Crippen LogP) is 2.63. The topological polar surface area (TPSA) is 12.9 Å². The van der Waals surface area contributed by atoms with Crippen molar-refractivity contribution < 1.29 is 0 Å². The molecule has 11 heavy (non-hydrogen) atoms. The van der Waals surface area contributed by atoms with Crippen LogP contribution in [0.3, 0.4) is 0 Å². The van der Waals surface area contributed by atoms with Crippen LogP contribution in [-0.4, -0.2) is 4.98 Å². The predicted molar refractivity (Wildman–Crippen MR) is 47.1 cm³/mol. The van der Waals surface area contributed by atoms with Gasteiger partial charge in [0.25, 0.3) is 0 Å². The number of hydrogen-bond acceptors (Lipinski definition) is 1. The van der Waals surface area contributed by atoms with Crippen molar-refractivity contribution in [3.63, 3.8) is 0 Å². The molecule has 0 N–H and O–H groups in total. The van der Waals surface area contributed by atoms with E-state index in [1.807, 2.05) is 18.3 Å². The number of unbranched alkanes of at least 4 members (excludes halogenated alkanes) is 2. The zero-order valence-electron chi connectivity index (χ0n) is 6.79. The zero-order chi connectivity index (χ0) is 7.94. The third-order valence-corrected chi connectivity index (χ3v) is 1.66. The molecule has 1 nitrogen and oxygen atoms in total. The Labute approximate surface area is 68.5 Å². The van der Waals surface area contributed by atoms with Crippen LogP contribution in [0.4, 0.5) is 0 Å². The van der Waals surface area contributed by atoms with Crippen molar-refractivity contribution in [3.05, 3.63) is 37.0 Å². The van der Waals surface area contributed by atoms with E-state index < -0.39 is 0 Å². The van der Waals surface area contributed by atoms with Gasteiger partial charge in [-0.3, -0.25) is 4.98 Å². The number of hydrogen-bond donors (Lipinski definition) is 0. The molecule has 1 heterocycles. The van der Waals surface area contributed by atoms with E-state index in [2.05, 4.69) is 18.0 Å². The third-order valence-electron chi connectivity index (χ3n) is 1.66. The molecule has 0 aromatic carbocycles. The quantitative estimate of drug-likeness (QED) is 0.598. The van der Waals surface area contributed by atoms with E-state index in [1.54, 1.807) is 0 Å². The normalized spacial score (nSPS) is 9.91. The summed E-state index contributed by atoms with van der Waals surface area (Å²) in [6.07, 6.45) is 6.39. The lowest BCUT2D eigenvalue weighted by molar-refractivity contribution is 0.733. The summed E-state index contributed by atoms with van der Waals surface area (Å²) < 4.78 is 0. The lowest BCUT2D eigenvalue weighted by atomic mass is 10.1. The average molecular weight is 148 g/mol. The Morgan fingerprint density at radius 2 is 2.18 bits per heavy atom. The van der Waals surface area contributed by atoms with Crippen molar-refractivity contribution in [3.8, 4) is 0 Å². The Morgan fingerprint density at radius 3 is 2.82 bits per heavy atom. The van der Waals surface area contributed by atoms with Crippen LogP contribution in [-0.2, 0) is 6.42 Å². The fourth-order valence-electron chi connectivity index (χ4n) is 1.03. The highest BCUT2D eigenvalue weighted by molar-refractivity contribution is 5.03.